The molecule has 2 aromatic heterocycles. The van der Waals surface area contributed by atoms with Crippen LogP contribution in [0.15, 0.2) is 40.9 Å². The van der Waals surface area contributed by atoms with E-state index in [2.05, 4.69) is 11.2 Å². The fraction of sp³-hybridized carbons (Fsp3) is 0.414. The van der Waals surface area contributed by atoms with Crippen LogP contribution in [0.5, 0.6) is 0 Å². The van der Waals surface area contributed by atoms with Crippen LogP contribution in [-0.4, -0.2) is 21.4 Å². The summed E-state index contributed by atoms with van der Waals surface area (Å²) in [5.74, 6) is 1.39. The fourth-order valence-electron chi connectivity index (χ4n) is 6.40. The first-order chi connectivity index (χ1) is 18.5. The van der Waals surface area contributed by atoms with Gasteiger partial charge in [-0.2, -0.15) is 5.26 Å². The van der Waals surface area contributed by atoms with Crippen molar-refractivity contribution in [1.29, 1.82) is 5.26 Å². The maximum atomic E-state index is 12.0. The number of hydrogen-bond donors (Lipinski definition) is 1. The first-order valence-electron chi connectivity index (χ1n) is 13.0. The second-order valence-corrected chi connectivity index (χ2v) is 12.6. The second-order valence-electron chi connectivity index (χ2n) is 10.8. The molecule has 0 amide bonds. The molecule has 0 radical (unpaired) electrons. The molecule has 0 saturated heterocycles. The summed E-state index contributed by atoms with van der Waals surface area (Å²) in [5, 5.41) is 27.5. The molecule has 3 aliphatic rings. The summed E-state index contributed by atoms with van der Waals surface area (Å²) in [7, 11) is 0. The molecule has 194 valence electrons. The molecule has 2 bridgehead atoms. The summed E-state index contributed by atoms with van der Waals surface area (Å²) in [6, 6.07) is 13.1. The van der Waals surface area contributed by atoms with Crippen LogP contribution in [0.3, 0.4) is 0 Å². The van der Waals surface area contributed by atoms with Gasteiger partial charge in [-0.15, -0.1) is 11.3 Å². The lowest BCUT2D eigenvalue weighted by Crippen LogP contribution is -2.44. The second kappa shape index (κ2) is 9.32. The zero-order chi connectivity index (χ0) is 26.0. The molecule has 4 atom stereocenters. The maximum Gasteiger partial charge on any atom is 0.145 e. The highest BCUT2D eigenvalue weighted by Gasteiger charge is 2.56. The van der Waals surface area contributed by atoms with Crippen molar-refractivity contribution in [1.82, 2.24) is 10.1 Å². The molecule has 4 aromatic rings. The predicted octanol–water partition coefficient (Wildman–Crippen LogP) is 7.60. The molecule has 3 aliphatic carbocycles. The number of aromatic nitrogens is 2. The Morgan fingerprint density at radius 2 is 1.84 bits per heavy atom. The van der Waals surface area contributed by atoms with Gasteiger partial charge in [0.1, 0.15) is 22.1 Å². The number of aliphatic hydroxyl groups is 1. The molecule has 0 aliphatic heterocycles. The molecule has 9 heteroatoms. The minimum Gasteiger partial charge on any atom is -0.382 e. The van der Waals surface area contributed by atoms with E-state index in [4.69, 9.17) is 37.4 Å². The topological polar surface area (TPSA) is 92.2 Å². The van der Waals surface area contributed by atoms with E-state index in [0.29, 0.717) is 39.4 Å². The Kier molecular flexibility index (Phi) is 6.03. The number of benzene rings is 2. The SMILES string of the molecule is N#Cc1ccc2nc(C3(O)[C@@H]4CC[C@H]3CC(OCc3c(-c5c(Cl)cccc5Cl)noc3C3CC3)C4)sc2c1. The summed E-state index contributed by atoms with van der Waals surface area (Å²) in [6.07, 6.45) is 5.59. The van der Waals surface area contributed by atoms with Gasteiger partial charge >= 0.3 is 0 Å². The fourth-order valence-corrected chi connectivity index (χ4v) is 8.23. The van der Waals surface area contributed by atoms with Gasteiger partial charge in [-0.25, -0.2) is 4.98 Å². The smallest absolute Gasteiger partial charge is 0.145 e. The van der Waals surface area contributed by atoms with Crippen LogP contribution in [0.25, 0.3) is 21.5 Å². The highest BCUT2D eigenvalue weighted by Crippen LogP contribution is 2.57. The van der Waals surface area contributed by atoms with Crippen molar-refractivity contribution in [3.05, 3.63) is 68.3 Å². The van der Waals surface area contributed by atoms with Gasteiger partial charge in [0, 0.05) is 17.0 Å². The lowest BCUT2D eigenvalue weighted by atomic mass is 9.73. The Morgan fingerprint density at radius 3 is 2.53 bits per heavy atom. The summed E-state index contributed by atoms with van der Waals surface area (Å²) in [4.78, 5) is 4.81. The molecule has 7 rings (SSSR count). The van der Waals surface area contributed by atoms with E-state index in [0.717, 1.165) is 65.1 Å². The third-order valence-corrected chi connectivity index (χ3v) is 10.3. The van der Waals surface area contributed by atoms with Gasteiger partial charge in [0.2, 0.25) is 0 Å². The quantitative estimate of drug-likeness (QED) is 0.258. The molecule has 2 heterocycles. The molecule has 6 nitrogen and oxygen atoms in total. The number of halogens is 2. The van der Waals surface area contributed by atoms with Crippen molar-refractivity contribution in [2.24, 2.45) is 11.8 Å². The first kappa shape index (κ1) is 24.6. The number of nitrogens with zero attached hydrogens (tertiary/aromatic N) is 3. The van der Waals surface area contributed by atoms with Crippen molar-refractivity contribution in [3.8, 4) is 17.3 Å². The van der Waals surface area contributed by atoms with E-state index in [1.165, 1.54) is 11.3 Å². The highest BCUT2D eigenvalue weighted by atomic mass is 35.5. The van der Waals surface area contributed by atoms with Gasteiger partial charge in [-0.1, -0.05) is 34.4 Å². The summed E-state index contributed by atoms with van der Waals surface area (Å²) >= 11 is 14.5. The Balaban J connectivity index is 1.13. The number of hydrogen-bond acceptors (Lipinski definition) is 7. The lowest BCUT2D eigenvalue weighted by Gasteiger charge is -2.41. The summed E-state index contributed by atoms with van der Waals surface area (Å²) in [5.41, 5.74) is 2.75. The van der Waals surface area contributed by atoms with E-state index in [1.54, 1.807) is 6.07 Å². The molecular weight excluding hydrogens is 541 g/mol. The number of fused-ring (bicyclic) bond motifs is 3. The van der Waals surface area contributed by atoms with Crippen LogP contribution in [0.1, 0.15) is 66.3 Å². The van der Waals surface area contributed by atoms with E-state index in [-0.39, 0.29) is 17.9 Å². The van der Waals surface area contributed by atoms with Gasteiger partial charge < -0.3 is 14.4 Å². The number of thiazole rings is 1. The van der Waals surface area contributed by atoms with Gasteiger partial charge in [-0.05, 0) is 80.7 Å². The average Bonchev–Trinajstić information content (AvgIpc) is 3.50. The molecule has 2 aromatic carbocycles. The van der Waals surface area contributed by atoms with Gasteiger partial charge in [0.25, 0.3) is 0 Å². The average molecular weight is 567 g/mol. The van der Waals surface area contributed by atoms with Crippen molar-refractivity contribution in [3.63, 3.8) is 0 Å². The first-order valence-corrected chi connectivity index (χ1v) is 14.6. The Hall–Kier alpha value is -2.47. The van der Waals surface area contributed by atoms with E-state index in [9.17, 15) is 10.4 Å². The Morgan fingerprint density at radius 1 is 1.11 bits per heavy atom. The molecule has 3 saturated carbocycles. The van der Waals surface area contributed by atoms with Crippen LogP contribution in [0.2, 0.25) is 10.0 Å². The van der Waals surface area contributed by atoms with Crippen LogP contribution >= 0.6 is 34.5 Å². The minimum atomic E-state index is -0.955. The standard InChI is InChI=1S/C29H25Cl2N3O3S/c30-21-2-1-3-22(31)25(21)26-20(27(37-34-26)16-5-6-16)14-36-19-11-17-7-8-18(12-19)29(17,35)28-33-23-9-4-15(13-32)10-24(23)38-28/h1-4,9-10,16-19,35H,5-8,11-12,14H2/t17-,18+,19?,29?. The third kappa shape index (κ3) is 3.97. The van der Waals surface area contributed by atoms with Crippen molar-refractivity contribution >= 4 is 44.8 Å². The lowest BCUT2D eigenvalue weighted by molar-refractivity contribution is -0.116. The number of ether oxygens (including phenoxy) is 1. The molecule has 1 N–H and O–H groups in total. The van der Waals surface area contributed by atoms with Crippen LogP contribution < -0.4 is 0 Å². The van der Waals surface area contributed by atoms with Crippen LogP contribution in [0.4, 0.5) is 0 Å². The Labute approximate surface area is 234 Å². The maximum absolute atomic E-state index is 12.0. The van der Waals surface area contributed by atoms with E-state index in [1.807, 2.05) is 30.3 Å². The normalized spacial score (nSPS) is 26.6. The van der Waals surface area contributed by atoms with Crippen LogP contribution in [-0.2, 0) is 16.9 Å². The van der Waals surface area contributed by atoms with Gasteiger partial charge in [0.05, 0.1) is 44.6 Å². The summed E-state index contributed by atoms with van der Waals surface area (Å²) in [6.45, 7) is 0.368. The van der Waals surface area contributed by atoms with Crippen molar-refractivity contribution < 1.29 is 14.4 Å². The summed E-state index contributed by atoms with van der Waals surface area (Å²) < 4.78 is 13.3. The van der Waals surface area contributed by atoms with Gasteiger partial charge in [-0.3, -0.25) is 0 Å². The monoisotopic (exact) mass is 565 g/mol. The molecular formula is C29H25Cl2N3O3S. The van der Waals surface area contributed by atoms with Crippen molar-refractivity contribution in [2.75, 3.05) is 0 Å². The molecule has 3 fully saturated rings. The third-order valence-electron chi connectivity index (χ3n) is 8.49. The highest BCUT2D eigenvalue weighted by molar-refractivity contribution is 7.18. The van der Waals surface area contributed by atoms with E-state index >= 15 is 0 Å². The van der Waals surface area contributed by atoms with Gasteiger partial charge in [0.15, 0.2) is 0 Å². The largest absolute Gasteiger partial charge is 0.382 e. The molecule has 0 spiro atoms. The molecule has 2 unspecified atom stereocenters. The van der Waals surface area contributed by atoms with E-state index < -0.39 is 5.60 Å². The minimum absolute atomic E-state index is 0.0175. The van der Waals surface area contributed by atoms with Crippen molar-refractivity contribution in [2.45, 2.75) is 62.8 Å². The number of rotatable bonds is 6. The van der Waals surface area contributed by atoms with Crippen LogP contribution in [0, 0.1) is 23.2 Å². The number of nitriles is 1. The zero-order valence-electron chi connectivity index (χ0n) is 20.5. The predicted molar refractivity (Wildman–Crippen MR) is 146 cm³/mol. The molecule has 38 heavy (non-hydrogen) atoms. The zero-order valence-corrected chi connectivity index (χ0v) is 22.8. The Bertz CT molecular complexity index is 1550.